The largest absolute Gasteiger partial charge is 0.480 e. The monoisotopic (exact) mass is 268 g/mol. The first-order valence-corrected chi connectivity index (χ1v) is 7.37. The number of hydrogen-bond acceptors (Lipinski definition) is 2. The summed E-state index contributed by atoms with van der Waals surface area (Å²) in [5.41, 5.74) is 0. The fourth-order valence-corrected chi connectivity index (χ4v) is 3.61. The van der Waals surface area contributed by atoms with Crippen LogP contribution in [-0.4, -0.2) is 29.7 Å². The number of urea groups is 1. The van der Waals surface area contributed by atoms with E-state index in [1.54, 1.807) is 0 Å². The summed E-state index contributed by atoms with van der Waals surface area (Å²) in [5.74, 6) is 1.28. The van der Waals surface area contributed by atoms with E-state index in [-0.39, 0.29) is 6.03 Å². The van der Waals surface area contributed by atoms with Crippen LogP contribution in [0.3, 0.4) is 0 Å². The molecule has 2 aliphatic rings. The number of carboxylic acid groups (broad SMARTS) is 1. The number of fused-ring (bicyclic) bond motifs is 2. The van der Waals surface area contributed by atoms with Crippen LogP contribution in [0.15, 0.2) is 0 Å². The number of aliphatic carboxylic acids is 1. The van der Waals surface area contributed by atoms with E-state index >= 15 is 0 Å². The van der Waals surface area contributed by atoms with Crippen molar-refractivity contribution in [3.8, 4) is 0 Å². The van der Waals surface area contributed by atoms with E-state index in [0.717, 1.165) is 18.3 Å². The summed E-state index contributed by atoms with van der Waals surface area (Å²) in [7, 11) is 0. The van der Waals surface area contributed by atoms with Crippen LogP contribution in [-0.2, 0) is 4.79 Å². The van der Waals surface area contributed by atoms with Gasteiger partial charge in [0.1, 0.15) is 6.04 Å². The molecule has 0 heterocycles. The van der Waals surface area contributed by atoms with Gasteiger partial charge in [-0.05, 0) is 43.4 Å². The summed E-state index contributed by atoms with van der Waals surface area (Å²) in [6.45, 7) is 2.59. The van der Waals surface area contributed by atoms with E-state index in [1.165, 1.54) is 25.7 Å². The van der Waals surface area contributed by atoms with Gasteiger partial charge < -0.3 is 15.7 Å². The van der Waals surface area contributed by atoms with Crippen molar-refractivity contribution in [2.45, 2.75) is 51.5 Å². The van der Waals surface area contributed by atoms with Crippen LogP contribution in [0.5, 0.6) is 0 Å². The Bertz CT molecular complexity index is 346. The van der Waals surface area contributed by atoms with Gasteiger partial charge in [0.05, 0.1) is 0 Å². The van der Waals surface area contributed by atoms with Crippen molar-refractivity contribution in [3.05, 3.63) is 0 Å². The van der Waals surface area contributed by atoms with Crippen molar-refractivity contribution in [1.29, 1.82) is 0 Å². The molecular weight excluding hydrogens is 244 g/mol. The first-order valence-electron chi connectivity index (χ1n) is 7.37. The maximum atomic E-state index is 11.7. The topological polar surface area (TPSA) is 78.4 Å². The molecule has 2 bridgehead atoms. The minimum absolute atomic E-state index is 0.344. The fourth-order valence-electron chi connectivity index (χ4n) is 3.61. The molecule has 4 unspecified atom stereocenters. The standard InChI is InChI=1S/C14H24N2O3/c1-2-3-12(13(17)18)16-14(19)15-8-11-7-9-4-5-10(11)6-9/h9-12H,2-8H2,1H3,(H,17,18)(H2,15,16,19). The van der Waals surface area contributed by atoms with Crippen molar-refractivity contribution < 1.29 is 14.7 Å². The maximum Gasteiger partial charge on any atom is 0.326 e. The van der Waals surface area contributed by atoms with Crippen LogP contribution in [0.1, 0.15) is 45.4 Å². The smallest absolute Gasteiger partial charge is 0.326 e. The van der Waals surface area contributed by atoms with E-state index in [2.05, 4.69) is 10.6 Å². The highest BCUT2D eigenvalue weighted by atomic mass is 16.4. The molecule has 3 N–H and O–H groups in total. The Morgan fingerprint density at radius 2 is 2.11 bits per heavy atom. The Morgan fingerprint density at radius 3 is 2.63 bits per heavy atom. The Labute approximate surface area is 114 Å². The lowest BCUT2D eigenvalue weighted by Crippen LogP contribution is -2.47. The second-order valence-electron chi connectivity index (χ2n) is 5.97. The molecule has 2 fully saturated rings. The molecule has 5 heteroatoms. The highest BCUT2D eigenvalue weighted by Gasteiger charge is 2.39. The Hall–Kier alpha value is -1.26. The van der Waals surface area contributed by atoms with E-state index in [9.17, 15) is 9.59 Å². The average molecular weight is 268 g/mol. The van der Waals surface area contributed by atoms with Crippen molar-refractivity contribution in [1.82, 2.24) is 10.6 Å². The SMILES string of the molecule is CCCC(NC(=O)NCC1CC2CCC1C2)C(=O)O. The normalized spacial score (nSPS) is 30.1. The summed E-state index contributed by atoms with van der Waals surface area (Å²) < 4.78 is 0. The molecule has 19 heavy (non-hydrogen) atoms. The molecule has 0 spiro atoms. The van der Waals surface area contributed by atoms with E-state index < -0.39 is 12.0 Å². The van der Waals surface area contributed by atoms with Crippen LogP contribution in [0.2, 0.25) is 0 Å². The van der Waals surface area contributed by atoms with Gasteiger partial charge in [0.15, 0.2) is 0 Å². The lowest BCUT2D eigenvalue weighted by atomic mass is 9.89. The summed E-state index contributed by atoms with van der Waals surface area (Å²) in [6.07, 6.45) is 6.40. The van der Waals surface area contributed by atoms with Crippen molar-refractivity contribution >= 4 is 12.0 Å². The molecule has 4 atom stereocenters. The first-order chi connectivity index (χ1) is 9.10. The van der Waals surface area contributed by atoms with Gasteiger partial charge in [-0.3, -0.25) is 0 Å². The summed E-state index contributed by atoms with van der Waals surface area (Å²) in [4.78, 5) is 22.7. The lowest BCUT2D eigenvalue weighted by molar-refractivity contribution is -0.139. The van der Waals surface area contributed by atoms with Gasteiger partial charge in [-0.15, -0.1) is 0 Å². The molecule has 2 aliphatic carbocycles. The third-order valence-corrected chi connectivity index (χ3v) is 4.59. The molecule has 0 aliphatic heterocycles. The van der Waals surface area contributed by atoms with Crippen molar-refractivity contribution in [3.63, 3.8) is 0 Å². The molecule has 0 radical (unpaired) electrons. The van der Waals surface area contributed by atoms with E-state index in [0.29, 0.717) is 18.9 Å². The minimum atomic E-state index is -0.961. The highest BCUT2D eigenvalue weighted by molar-refractivity contribution is 5.82. The third-order valence-electron chi connectivity index (χ3n) is 4.59. The van der Waals surface area contributed by atoms with Crippen LogP contribution in [0, 0.1) is 17.8 Å². The molecule has 5 nitrogen and oxygen atoms in total. The summed E-state index contributed by atoms with van der Waals surface area (Å²) >= 11 is 0. The van der Waals surface area contributed by atoms with Gasteiger partial charge >= 0.3 is 12.0 Å². The van der Waals surface area contributed by atoms with Crippen molar-refractivity contribution in [2.24, 2.45) is 17.8 Å². The Balaban J connectivity index is 1.70. The number of hydrogen-bond donors (Lipinski definition) is 3. The van der Waals surface area contributed by atoms with Gasteiger partial charge in [0.25, 0.3) is 0 Å². The van der Waals surface area contributed by atoms with Gasteiger partial charge in [-0.25, -0.2) is 9.59 Å². The zero-order valence-corrected chi connectivity index (χ0v) is 11.5. The van der Waals surface area contributed by atoms with Crippen LogP contribution < -0.4 is 10.6 Å². The van der Waals surface area contributed by atoms with Crippen LogP contribution in [0.25, 0.3) is 0 Å². The van der Waals surface area contributed by atoms with Gasteiger partial charge in [0.2, 0.25) is 0 Å². The van der Waals surface area contributed by atoms with Gasteiger partial charge in [-0.1, -0.05) is 19.8 Å². The van der Waals surface area contributed by atoms with Crippen molar-refractivity contribution in [2.75, 3.05) is 6.54 Å². The number of carbonyl (C=O) groups excluding carboxylic acids is 1. The average Bonchev–Trinajstić information content (AvgIpc) is 2.97. The molecule has 2 saturated carbocycles. The number of carbonyl (C=O) groups is 2. The first kappa shape index (κ1) is 14.2. The van der Waals surface area contributed by atoms with Crippen LogP contribution >= 0.6 is 0 Å². The molecule has 0 aromatic carbocycles. The summed E-state index contributed by atoms with van der Waals surface area (Å²) in [6, 6.07) is -1.12. The van der Waals surface area contributed by atoms with Gasteiger partial charge in [-0.2, -0.15) is 0 Å². The highest BCUT2D eigenvalue weighted by Crippen LogP contribution is 2.47. The molecular formula is C14H24N2O3. The predicted octanol–water partition coefficient (Wildman–Crippen LogP) is 1.98. The van der Waals surface area contributed by atoms with Crippen LogP contribution in [0.4, 0.5) is 4.79 Å². The quantitative estimate of drug-likeness (QED) is 0.689. The van der Waals surface area contributed by atoms with E-state index in [4.69, 9.17) is 5.11 Å². The fraction of sp³-hybridized carbons (Fsp3) is 0.857. The number of carboxylic acids is 1. The zero-order chi connectivity index (χ0) is 13.8. The number of amides is 2. The van der Waals surface area contributed by atoms with Gasteiger partial charge in [0, 0.05) is 6.54 Å². The zero-order valence-electron chi connectivity index (χ0n) is 11.5. The summed E-state index contributed by atoms with van der Waals surface area (Å²) in [5, 5.41) is 14.4. The molecule has 0 aromatic heterocycles. The number of nitrogens with one attached hydrogen (secondary N) is 2. The Kier molecular flexibility index (Phi) is 4.66. The molecule has 2 rings (SSSR count). The lowest BCUT2D eigenvalue weighted by Gasteiger charge is -2.22. The second kappa shape index (κ2) is 6.26. The second-order valence-corrected chi connectivity index (χ2v) is 5.97. The number of rotatable bonds is 6. The maximum absolute atomic E-state index is 11.7. The molecule has 0 saturated heterocycles. The molecule has 0 aromatic rings. The van der Waals surface area contributed by atoms with E-state index in [1.807, 2.05) is 6.92 Å². The Morgan fingerprint density at radius 1 is 1.32 bits per heavy atom. The third kappa shape index (κ3) is 3.61. The molecule has 108 valence electrons. The predicted molar refractivity (Wildman–Crippen MR) is 71.8 cm³/mol. The molecule has 2 amide bonds. The minimum Gasteiger partial charge on any atom is -0.480 e.